The molecule has 0 amide bonds. The first-order valence-electron chi connectivity index (χ1n) is 4.59. The molecule has 0 bridgehead atoms. The van der Waals surface area contributed by atoms with Crippen molar-refractivity contribution in [2.24, 2.45) is 16.6 Å². The number of thioether (sulfide) groups is 1. The van der Waals surface area contributed by atoms with Crippen LogP contribution in [0.15, 0.2) is 4.99 Å². The van der Waals surface area contributed by atoms with Crippen LogP contribution < -0.4 is 17.0 Å². The molecule has 0 heterocycles. The molecule has 0 saturated heterocycles. The van der Waals surface area contributed by atoms with Crippen molar-refractivity contribution in [2.45, 2.75) is 37.0 Å². The molecule has 2 atom stereocenters. The fourth-order valence-corrected chi connectivity index (χ4v) is 2.50. The highest BCUT2D eigenvalue weighted by Gasteiger charge is 2.20. The van der Waals surface area contributed by atoms with Gasteiger partial charge in [0.15, 0.2) is 0 Å². The molecule has 5 N–H and O–H groups in total. The van der Waals surface area contributed by atoms with Crippen LogP contribution in [0.5, 0.6) is 0 Å². The van der Waals surface area contributed by atoms with Crippen molar-refractivity contribution in [3.05, 3.63) is 0 Å². The van der Waals surface area contributed by atoms with E-state index in [4.69, 9.17) is 11.6 Å². The zero-order valence-electron chi connectivity index (χ0n) is 7.99. The number of nitrogens with zero attached hydrogens (tertiary/aromatic N) is 1. The van der Waals surface area contributed by atoms with Crippen LogP contribution in [0.4, 0.5) is 0 Å². The lowest BCUT2D eigenvalue weighted by Gasteiger charge is -2.25. The van der Waals surface area contributed by atoms with E-state index in [1.54, 1.807) is 0 Å². The van der Waals surface area contributed by atoms with Gasteiger partial charge in [0, 0.05) is 5.25 Å². The third kappa shape index (κ3) is 3.44. The van der Waals surface area contributed by atoms with Gasteiger partial charge in [0.1, 0.15) is 0 Å². The molecule has 0 aromatic carbocycles. The van der Waals surface area contributed by atoms with Crippen LogP contribution >= 0.6 is 11.8 Å². The van der Waals surface area contributed by atoms with E-state index in [-0.39, 0.29) is 0 Å². The highest BCUT2D eigenvalue weighted by molar-refractivity contribution is 7.99. The van der Waals surface area contributed by atoms with E-state index in [2.05, 4.69) is 16.7 Å². The Morgan fingerprint density at radius 2 is 2.31 bits per heavy atom. The van der Waals surface area contributed by atoms with Gasteiger partial charge >= 0.3 is 0 Å². The maximum Gasteiger partial charge on any atom is 0.203 e. The monoisotopic (exact) mass is 202 g/mol. The number of guanidine groups is 1. The molecule has 1 fully saturated rings. The first-order valence-corrected chi connectivity index (χ1v) is 5.87. The molecular formula is C8H18N4S. The highest BCUT2D eigenvalue weighted by atomic mass is 32.2. The average Bonchev–Trinajstić information content (AvgIpc) is 2.18. The molecule has 0 radical (unpaired) electrons. The van der Waals surface area contributed by atoms with Gasteiger partial charge in [-0.15, -0.1) is 0 Å². The largest absolute Gasteiger partial charge is 0.369 e. The molecule has 1 aliphatic rings. The quantitative estimate of drug-likeness (QED) is 0.263. The van der Waals surface area contributed by atoms with Gasteiger partial charge in [0.05, 0.1) is 6.04 Å². The molecule has 1 saturated carbocycles. The Kier molecular flexibility index (Phi) is 4.38. The van der Waals surface area contributed by atoms with Gasteiger partial charge in [-0.25, -0.2) is 10.8 Å². The van der Waals surface area contributed by atoms with Crippen molar-refractivity contribution in [1.82, 2.24) is 5.43 Å². The van der Waals surface area contributed by atoms with E-state index < -0.39 is 0 Å². The summed E-state index contributed by atoms with van der Waals surface area (Å²) in [4.78, 5) is 4.30. The number of nitrogens with one attached hydrogen (secondary N) is 1. The molecule has 0 aromatic heterocycles. The molecule has 1 rings (SSSR count). The Hall–Kier alpha value is -0.420. The first-order chi connectivity index (χ1) is 6.26. The molecule has 5 heteroatoms. The number of hydrogen-bond acceptors (Lipinski definition) is 3. The zero-order valence-corrected chi connectivity index (χ0v) is 8.81. The lowest BCUT2D eigenvalue weighted by Crippen LogP contribution is -2.38. The maximum atomic E-state index is 5.50. The number of nitrogens with two attached hydrogens (primary N) is 2. The summed E-state index contributed by atoms with van der Waals surface area (Å²) in [5.74, 6) is 5.50. The number of aliphatic imine (C=N–C) groups is 1. The molecule has 76 valence electrons. The van der Waals surface area contributed by atoms with E-state index in [1.165, 1.54) is 12.8 Å². The summed E-state index contributed by atoms with van der Waals surface area (Å²) in [6, 6.07) is 0.363. The normalized spacial score (nSPS) is 30.2. The summed E-state index contributed by atoms with van der Waals surface area (Å²) in [6.07, 6.45) is 6.98. The van der Waals surface area contributed by atoms with Gasteiger partial charge in [-0.2, -0.15) is 11.8 Å². The summed E-state index contributed by atoms with van der Waals surface area (Å²) in [6.45, 7) is 0. The zero-order chi connectivity index (χ0) is 9.68. The van der Waals surface area contributed by atoms with E-state index in [1.807, 2.05) is 11.8 Å². The second-order valence-electron chi connectivity index (χ2n) is 3.34. The van der Waals surface area contributed by atoms with E-state index in [9.17, 15) is 0 Å². The minimum Gasteiger partial charge on any atom is -0.369 e. The van der Waals surface area contributed by atoms with Crippen molar-refractivity contribution in [1.29, 1.82) is 0 Å². The third-order valence-electron chi connectivity index (χ3n) is 2.40. The summed E-state index contributed by atoms with van der Waals surface area (Å²) in [5.41, 5.74) is 7.86. The van der Waals surface area contributed by atoms with Gasteiger partial charge in [-0.3, -0.25) is 5.43 Å². The topological polar surface area (TPSA) is 76.4 Å². The smallest absolute Gasteiger partial charge is 0.203 e. The standard InChI is InChI=1S/C8H18N4S/c1-13-7-4-2-3-6(5-7)11-8(9)12-10/h6-7H,2-5,10H2,1H3,(H3,9,11,12). The van der Waals surface area contributed by atoms with E-state index >= 15 is 0 Å². The van der Waals surface area contributed by atoms with Gasteiger partial charge in [0.25, 0.3) is 0 Å². The lowest BCUT2D eigenvalue weighted by molar-refractivity contribution is 0.452. The van der Waals surface area contributed by atoms with E-state index in [0.717, 1.165) is 18.1 Å². The molecular weight excluding hydrogens is 184 g/mol. The fraction of sp³-hybridized carbons (Fsp3) is 0.875. The highest BCUT2D eigenvalue weighted by Crippen LogP contribution is 2.28. The lowest BCUT2D eigenvalue weighted by atomic mass is 9.95. The van der Waals surface area contributed by atoms with Gasteiger partial charge in [-0.1, -0.05) is 6.42 Å². The Morgan fingerprint density at radius 1 is 1.54 bits per heavy atom. The Balaban J connectivity index is 2.42. The Bertz CT molecular complexity index is 183. The van der Waals surface area contributed by atoms with Crippen LogP contribution in [0.1, 0.15) is 25.7 Å². The minimum absolute atomic E-state index is 0.353. The Labute approximate surface area is 83.5 Å². The average molecular weight is 202 g/mol. The number of hydrogen-bond donors (Lipinski definition) is 3. The van der Waals surface area contributed by atoms with Crippen LogP contribution in [0, 0.1) is 0 Å². The van der Waals surface area contributed by atoms with Crippen LogP contribution in [0.3, 0.4) is 0 Å². The molecule has 13 heavy (non-hydrogen) atoms. The molecule has 0 aromatic rings. The molecule has 2 unspecified atom stereocenters. The third-order valence-corrected chi connectivity index (χ3v) is 3.50. The van der Waals surface area contributed by atoms with Gasteiger partial charge < -0.3 is 5.73 Å². The van der Waals surface area contributed by atoms with Crippen molar-refractivity contribution in [2.75, 3.05) is 6.26 Å². The van der Waals surface area contributed by atoms with Crippen LogP contribution in [-0.4, -0.2) is 23.5 Å². The minimum atomic E-state index is 0.353. The summed E-state index contributed by atoms with van der Waals surface area (Å²) in [7, 11) is 0. The molecule has 4 nitrogen and oxygen atoms in total. The van der Waals surface area contributed by atoms with Crippen molar-refractivity contribution in [3.63, 3.8) is 0 Å². The predicted octanol–water partition coefficient (Wildman–Crippen LogP) is 0.439. The van der Waals surface area contributed by atoms with Crippen LogP contribution in [0.25, 0.3) is 0 Å². The molecule has 0 aliphatic heterocycles. The second kappa shape index (κ2) is 5.34. The van der Waals surface area contributed by atoms with Crippen LogP contribution in [-0.2, 0) is 0 Å². The summed E-state index contributed by atoms with van der Waals surface area (Å²) >= 11 is 1.92. The SMILES string of the molecule is CSC1CCCC(N=C(N)NN)C1. The van der Waals surface area contributed by atoms with Crippen LogP contribution in [0.2, 0.25) is 0 Å². The molecule has 1 aliphatic carbocycles. The fourth-order valence-electron chi connectivity index (χ4n) is 1.69. The van der Waals surface area contributed by atoms with E-state index in [0.29, 0.717) is 12.0 Å². The van der Waals surface area contributed by atoms with Gasteiger partial charge in [-0.05, 0) is 25.5 Å². The Morgan fingerprint density at radius 3 is 2.92 bits per heavy atom. The first kappa shape index (κ1) is 10.7. The van der Waals surface area contributed by atoms with Crippen molar-refractivity contribution < 1.29 is 0 Å². The van der Waals surface area contributed by atoms with Gasteiger partial charge in [0.2, 0.25) is 5.96 Å². The summed E-state index contributed by atoms with van der Waals surface area (Å²) in [5, 5.41) is 0.744. The number of hydrazine groups is 1. The maximum absolute atomic E-state index is 5.50. The number of rotatable bonds is 2. The van der Waals surface area contributed by atoms with Crippen molar-refractivity contribution >= 4 is 17.7 Å². The van der Waals surface area contributed by atoms with Crippen molar-refractivity contribution in [3.8, 4) is 0 Å². The molecule has 0 spiro atoms. The predicted molar refractivity (Wildman–Crippen MR) is 58.5 cm³/mol. The second-order valence-corrected chi connectivity index (χ2v) is 4.47. The summed E-state index contributed by atoms with van der Waals surface area (Å²) < 4.78 is 0.